The third kappa shape index (κ3) is 7.89. The number of amides is 3. The van der Waals surface area contributed by atoms with Gasteiger partial charge < -0.3 is 30.2 Å². The molecule has 2 aromatic rings. The predicted molar refractivity (Wildman–Crippen MR) is 135 cm³/mol. The molecule has 2 heterocycles. The molecule has 12 heteroatoms. The van der Waals surface area contributed by atoms with E-state index in [4.69, 9.17) is 14.2 Å². The number of methoxy groups -OCH3 is 2. The minimum atomic E-state index is -1.13. The van der Waals surface area contributed by atoms with Gasteiger partial charge in [-0.25, -0.2) is 4.98 Å². The summed E-state index contributed by atoms with van der Waals surface area (Å²) in [7, 11) is 2.78. The van der Waals surface area contributed by atoms with Gasteiger partial charge in [-0.1, -0.05) is 30.3 Å². The minimum absolute atomic E-state index is 0.124. The molecule has 0 spiro atoms. The molecule has 1 aliphatic heterocycles. The van der Waals surface area contributed by atoms with Crippen LogP contribution in [-0.4, -0.2) is 86.3 Å². The van der Waals surface area contributed by atoms with Crippen LogP contribution in [0, 0.1) is 6.92 Å². The van der Waals surface area contributed by atoms with Gasteiger partial charge in [-0.3, -0.25) is 19.2 Å². The second kappa shape index (κ2) is 12.9. The number of Topliss-reactive ketones (excluding diaryl/α,β-unsaturated/α-hetero) is 1. The highest BCUT2D eigenvalue weighted by Crippen LogP contribution is 2.29. The average molecular weight is 533 g/mol. The second-order valence-corrected chi connectivity index (χ2v) is 10.1. The first kappa shape index (κ1) is 28.4. The summed E-state index contributed by atoms with van der Waals surface area (Å²) >= 11 is 1.19. The molecular formula is C25H32N4O7S. The quantitative estimate of drug-likeness (QED) is 0.297. The SMILES string of the molecule is COC[C@H](NC(=O)c1cnc(C)s1)C(=O)N[C@H](COC)C(=O)N[C@H](Cc1ccccc1)C(=O)[C@@]1(C)CO1. The Morgan fingerprint density at radius 1 is 1.00 bits per heavy atom. The van der Waals surface area contributed by atoms with Crippen molar-refractivity contribution in [2.75, 3.05) is 34.0 Å². The van der Waals surface area contributed by atoms with Crippen molar-refractivity contribution in [1.29, 1.82) is 0 Å². The van der Waals surface area contributed by atoms with E-state index in [-0.39, 0.29) is 32.0 Å². The first-order valence-electron chi connectivity index (χ1n) is 11.7. The number of aromatic nitrogens is 1. The van der Waals surface area contributed by atoms with Crippen LogP contribution in [0.1, 0.15) is 27.2 Å². The fraction of sp³-hybridized carbons (Fsp3) is 0.480. The topological polar surface area (TPSA) is 148 Å². The first-order chi connectivity index (χ1) is 17.7. The largest absolute Gasteiger partial charge is 0.382 e. The van der Waals surface area contributed by atoms with Gasteiger partial charge in [-0.15, -0.1) is 11.3 Å². The van der Waals surface area contributed by atoms with Gasteiger partial charge in [0.2, 0.25) is 11.8 Å². The highest BCUT2D eigenvalue weighted by atomic mass is 32.1. The first-order valence-corrected chi connectivity index (χ1v) is 12.5. The summed E-state index contributed by atoms with van der Waals surface area (Å²) in [5, 5.41) is 8.67. The Morgan fingerprint density at radius 2 is 1.57 bits per heavy atom. The molecule has 0 aliphatic carbocycles. The van der Waals surface area contributed by atoms with Crippen molar-refractivity contribution in [3.05, 3.63) is 52.0 Å². The van der Waals surface area contributed by atoms with Crippen LogP contribution in [0.15, 0.2) is 36.5 Å². The molecule has 1 aliphatic rings. The van der Waals surface area contributed by atoms with E-state index in [0.29, 0.717) is 9.88 Å². The van der Waals surface area contributed by atoms with Gasteiger partial charge in [-0.05, 0) is 25.8 Å². The molecule has 1 aromatic heterocycles. The van der Waals surface area contributed by atoms with Crippen molar-refractivity contribution in [3.63, 3.8) is 0 Å². The number of benzene rings is 1. The van der Waals surface area contributed by atoms with Gasteiger partial charge in [0.05, 0.1) is 37.1 Å². The number of hydrogen-bond acceptors (Lipinski definition) is 9. The summed E-state index contributed by atoms with van der Waals surface area (Å²) in [6.45, 7) is 3.44. The molecule has 3 amide bonds. The normalized spacial score (nSPS) is 18.8. The molecule has 0 bridgehead atoms. The van der Waals surface area contributed by atoms with E-state index >= 15 is 0 Å². The zero-order chi connectivity index (χ0) is 27.0. The summed E-state index contributed by atoms with van der Waals surface area (Å²) in [6.07, 6.45) is 1.68. The molecule has 1 aromatic carbocycles. The number of thiazole rings is 1. The molecule has 200 valence electrons. The number of aryl methyl sites for hydroxylation is 1. The molecule has 1 fully saturated rings. The molecule has 0 radical (unpaired) electrons. The van der Waals surface area contributed by atoms with Gasteiger partial charge in [0.15, 0.2) is 5.78 Å². The summed E-state index contributed by atoms with van der Waals surface area (Å²) in [5.74, 6) is -1.98. The molecule has 11 nitrogen and oxygen atoms in total. The average Bonchev–Trinajstić information content (AvgIpc) is 3.48. The van der Waals surface area contributed by atoms with Crippen molar-refractivity contribution in [2.45, 2.75) is 44.0 Å². The Morgan fingerprint density at radius 3 is 2.08 bits per heavy atom. The maximum Gasteiger partial charge on any atom is 0.263 e. The van der Waals surface area contributed by atoms with E-state index in [1.807, 2.05) is 30.3 Å². The number of rotatable bonds is 14. The molecule has 37 heavy (non-hydrogen) atoms. The number of nitrogens with one attached hydrogen (secondary N) is 3. The van der Waals surface area contributed by atoms with Crippen molar-refractivity contribution in [2.24, 2.45) is 0 Å². The number of epoxide rings is 1. The highest BCUT2D eigenvalue weighted by Gasteiger charge is 2.50. The van der Waals surface area contributed by atoms with Gasteiger partial charge in [0, 0.05) is 14.2 Å². The standard InChI is InChI=1S/C25H32N4O7S/c1-15-26-11-20(37-15)24(33)29-19(13-35-4)23(32)28-18(12-34-3)22(31)27-17(21(30)25(2)14-36-25)10-16-8-6-5-7-9-16/h5-9,11,17-19H,10,12-14H2,1-4H3,(H,27,31)(H,28,32)(H,29,33)/t17-,18-,19+,25-/m1/s1. The second-order valence-electron chi connectivity index (χ2n) is 8.88. The zero-order valence-electron chi connectivity index (χ0n) is 21.2. The molecule has 4 atom stereocenters. The lowest BCUT2D eigenvalue weighted by Crippen LogP contribution is -2.59. The van der Waals surface area contributed by atoms with E-state index in [0.717, 1.165) is 5.56 Å². The van der Waals surface area contributed by atoms with Crippen molar-refractivity contribution < 1.29 is 33.4 Å². The van der Waals surface area contributed by atoms with E-state index in [1.165, 1.54) is 31.8 Å². The fourth-order valence-electron chi connectivity index (χ4n) is 3.62. The summed E-state index contributed by atoms with van der Waals surface area (Å²) < 4.78 is 15.6. The third-order valence-corrected chi connectivity index (χ3v) is 6.69. The van der Waals surface area contributed by atoms with Crippen molar-refractivity contribution >= 4 is 34.8 Å². The van der Waals surface area contributed by atoms with Crippen molar-refractivity contribution in [1.82, 2.24) is 20.9 Å². The number of carbonyl (C=O) groups excluding carboxylic acids is 4. The Bertz CT molecular complexity index is 1100. The Balaban J connectivity index is 1.70. The van der Waals surface area contributed by atoms with Crippen LogP contribution < -0.4 is 16.0 Å². The summed E-state index contributed by atoms with van der Waals surface area (Å²) in [5.41, 5.74) is -0.0887. The Hall–Kier alpha value is -3.19. The maximum atomic E-state index is 13.2. The van der Waals surface area contributed by atoms with E-state index in [1.54, 1.807) is 13.8 Å². The van der Waals surface area contributed by atoms with Crippen LogP contribution in [-0.2, 0) is 35.0 Å². The summed E-state index contributed by atoms with van der Waals surface area (Å²) in [6, 6.07) is 6.20. The number of carbonyl (C=O) groups is 4. The lowest BCUT2D eigenvalue weighted by Gasteiger charge is -2.25. The molecule has 3 rings (SSSR count). The van der Waals surface area contributed by atoms with Crippen molar-refractivity contribution in [3.8, 4) is 0 Å². The maximum absolute atomic E-state index is 13.2. The predicted octanol–water partition coefficient (Wildman–Crippen LogP) is 0.413. The molecule has 0 unspecified atom stereocenters. The van der Waals surface area contributed by atoms with Crippen LogP contribution in [0.25, 0.3) is 0 Å². The molecule has 0 saturated carbocycles. The third-order valence-electron chi connectivity index (χ3n) is 5.78. The Labute approximate surface area is 219 Å². The summed E-state index contributed by atoms with van der Waals surface area (Å²) in [4.78, 5) is 56.3. The zero-order valence-corrected chi connectivity index (χ0v) is 22.1. The molecular weight excluding hydrogens is 500 g/mol. The highest BCUT2D eigenvalue weighted by molar-refractivity contribution is 7.13. The fourth-order valence-corrected chi connectivity index (χ4v) is 4.30. The number of ketones is 1. The van der Waals surface area contributed by atoms with Gasteiger partial charge in [0.1, 0.15) is 22.6 Å². The van der Waals surface area contributed by atoms with Crippen LogP contribution in [0.3, 0.4) is 0 Å². The van der Waals surface area contributed by atoms with Crippen LogP contribution >= 0.6 is 11.3 Å². The molecule has 3 N–H and O–H groups in total. The van der Waals surface area contributed by atoms with Gasteiger partial charge >= 0.3 is 0 Å². The minimum Gasteiger partial charge on any atom is -0.382 e. The number of nitrogens with zero attached hydrogens (tertiary/aromatic N) is 1. The van der Waals surface area contributed by atoms with Crippen LogP contribution in [0.2, 0.25) is 0 Å². The van der Waals surface area contributed by atoms with Crippen LogP contribution in [0.4, 0.5) is 0 Å². The van der Waals surface area contributed by atoms with E-state index in [2.05, 4.69) is 20.9 Å². The number of hydrogen-bond donors (Lipinski definition) is 3. The Kier molecular flexibility index (Phi) is 9.86. The van der Waals surface area contributed by atoms with Gasteiger partial charge in [0.25, 0.3) is 5.91 Å². The lowest BCUT2D eigenvalue weighted by atomic mass is 9.94. The molecule has 1 saturated heterocycles. The number of ether oxygens (including phenoxy) is 3. The lowest BCUT2D eigenvalue weighted by molar-refractivity contribution is -0.134. The van der Waals surface area contributed by atoms with Crippen LogP contribution in [0.5, 0.6) is 0 Å². The monoisotopic (exact) mass is 532 g/mol. The van der Waals surface area contributed by atoms with Gasteiger partial charge in [-0.2, -0.15) is 0 Å². The van der Waals surface area contributed by atoms with E-state index < -0.39 is 41.4 Å². The smallest absolute Gasteiger partial charge is 0.263 e. The van der Waals surface area contributed by atoms with E-state index in [9.17, 15) is 19.2 Å².